The predicted octanol–water partition coefficient (Wildman–Crippen LogP) is 4.26. The van der Waals surface area contributed by atoms with Crippen molar-refractivity contribution >= 4 is 11.6 Å². The van der Waals surface area contributed by atoms with Gasteiger partial charge in [0, 0.05) is 18.2 Å². The highest BCUT2D eigenvalue weighted by atomic mass is 16.2. The van der Waals surface area contributed by atoms with Gasteiger partial charge in [0.25, 0.3) is 0 Å². The van der Waals surface area contributed by atoms with Gasteiger partial charge < -0.3 is 4.90 Å². The Morgan fingerprint density at radius 1 is 1.11 bits per heavy atom. The van der Waals surface area contributed by atoms with E-state index in [1.165, 1.54) is 0 Å². The fourth-order valence-electron chi connectivity index (χ4n) is 2.15. The van der Waals surface area contributed by atoms with Crippen molar-refractivity contribution in [1.82, 2.24) is 0 Å². The van der Waals surface area contributed by atoms with Gasteiger partial charge in [0.05, 0.1) is 0 Å². The average molecular weight is 247 g/mol. The molecule has 1 aromatic carbocycles. The smallest absolute Gasteiger partial charge is 0.230 e. The van der Waals surface area contributed by atoms with Gasteiger partial charge in [-0.1, -0.05) is 45.4 Å². The van der Waals surface area contributed by atoms with Gasteiger partial charge in [-0.3, -0.25) is 4.79 Å². The van der Waals surface area contributed by atoms with E-state index in [2.05, 4.69) is 20.8 Å². The van der Waals surface area contributed by atoms with E-state index in [1.54, 1.807) is 0 Å². The molecular weight excluding hydrogens is 222 g/mol. The number of unbranched alkanes of at least 4 members (excludes halogenated alkanes) is 1. The van der Waals surface area contributed by atoms with Gasteiger partial charge >= 0.3 is 0 Å². The summed E-state index contributed by atoms with van der Waals surface area (Å²) in [5.74, 6) is 0.432. The molecule has 18 heavy (non-hydrogen) atoms. The summed E-state index contributed by atoms with van der Waals surface area (Å²) in [4.78, 5) is 14.5. The van der Waals surface area contributed by atoms with Gasteiger partial charge in [0.1, 0.15) is 0 Å². The van der Waals surface area contributed by atoms with Crippen molar-refractivity contribution in [3.8, 4) is 0 Å². The van der Waals surface area contributed by atoms with Gasteiger partial charge in [-0.2, -0.15) is 0 Å². The van der Waals surface area contributed by atoms with Crippen LogP contribution in [0.25, 0.3) is 0 Å². The Kier molecular flexibility index (Phi) is 6.48. The lowest BCUT2D eigenvalue weighted by Crippen LogP contribution is -2.36. The first-order chi connectivity index (χ1) is 8.74. The topological polar surface area (TPSA) is 20.3 Å². The van der Waals surface area contributed by atoms with Crippen LogP contribution in [0.1, 0.15) is 46.5 Å². The van der Waals surface area contributed by atoms with Gasteiger partial charge in [-0.25, -0.2) is 0 Å². The number of para-hydroxylation sites is 1. The quantitative estimate of drug-likeness (QED) is 0.705. The van der Waals surface area contributed by atoms with Crippen molar-refractivity contribution in [2.75, 3.05) is 11.4 Å². The Bertz CT molecular complexity index is 343. The minimum absolute atomic E-state index is 0.155. The molecule has 2 nitrogen and oxygen atoms in total. The van der Waals surface area contributed by atoms with Gasteiger partial charge in [0.15, 0.2) is 0 Å². The van der Waals surface area contributed by atoms with Crippen molar-refractivity contribution in [1.29, 1.82) is 0 Å². The number of benzene rings is 1. The average Bonchev–Trinajstić information content (AvgIpc) is 2.42. The van der Waals surface area contributed by atoms with E-state index in [-0.39, 0.29) is 11.8 Å². The minimum atomic E-state index is 0.155. The number of nitrogens with zero attached hydrogens (tertiary/aromatic N) is 1. The number of rotatable bonds is 7. The number of carbonyl (C=O) groups excluding carboxylic acids is 1. The van der Waals surface area contributed by atoms with Gasteiger partial charge in [-0.05, 0) is 31.4 Å². The second-order valence-electron chi connectivity index (χ2n) is 4.69. The number of hydrogen-bond donors (Lipinski definition) is 0. The van der Waals surface area contributed by atoms with E-state index in [1.807, 2.05) is 35.2 Å². The van der Waals surface area contributed by atoms with Crippen LogP contribution in [0.3, 0.4) is 0 Å². The predicted molar refractivity (Wildman–Crippen MR) is 77.8 cm³/mol. The third kappa shape index (κ3) is 3.86. The molecule has 0 bridgehead atoms. The Labute approximate surface area is 111 Å². The first-order valence-electron chi connectivity index (χ1n) is 7.10. The largest absolute Gasteiger partial charge is 0.312 e. The zero-order chi connectivity index (χ0) is 13.4. The van der Waals surface area contributed by atoms with Crippen LogP contribution in [-0.2, 0) is 4.79 Å². The molecule has 0 heterocycles. The number of anilines is 1. The van der Waals surface area contributed by atoms with Gasteiger partial charge in [-0.15, -0.1) is 0 Å². The molecule has 1 amide bonds. The summed E-state index contributed by atoms with van der Waals surface area (Å²) < 4.78 is 0. The summed E-state index contributed by atoms with van der Waals surface area (Å²) in [6.45, 7) is 7.17. The maximum atomic E-state index is 12.5. The third-order valence-corrected chi connectivity index (χ3v) is 3.40. The Morgan fingerprint density at radius 3 is 2.22 bits per heavy atom. The zero-order valence-electron chi connectivity index (χ0n) is 11.9. The minimum Gasteiger partial charge on any atom is -0.312 e. The summed E-state index contributed by atoms with van der Waals surface area (Å²) >= 11 is 0. The maximum Gasteiger partial charge on any atom is 0.230 e. The second-order valence-corrected chi connectivity index (χ2v) is 4.69. The number of carbonyl (C=O) groups is 1. The van der Waals surface area contributed by atoms with Gasteiger partial charge in [0.2, 0.25) is 5.91 Å². The number of hydrogen-bond acceptors (Lipinski definition) is 1. The SMILES string of the molecule is CCCCN(C(=O)C(CC)CC)c1ccccc1. The molecule has 0 saturated carbocycles. The van der Waals surface area contributed by atoms with E-state index in [0.29, 0.717) is 0 Å². The summed E-state index contributed by atoms with van der Waals surface area (Å²) in [6.07, 6.45) is 4.01. The molecular formula is C16H25NO. The van der Waals surface area contributed by atoms with Crippen LogP contribution in [0.15, 0.2) is 30.3 Å². The molecule has 0 radical (unpaired) electrons. The molecule has 0 aliphatic heterocycles. The van der Waals surface area contributed by atoms with E-state index in [9.17, 15) is 4.79 Å². The fraction of sp³-hybridized carbons (Fsp3) is 0.562. The second kappa shape index (κ2) is 7.91. The molecule has 0 fully saturated rings. The Balaban J connectivity index is 2.87. The summed E-state index contributed by atoms with van der Waals surface area (Å²) in [7, 11) is 0. The lowest BCUT2D eigenvalue weighted by Gasteiger charge is -2.26. The molecule has 0 aliphatic carbocycles. The molecule has 0 N–H and O–H groups in total. The van der Waals surface area contributed by atoms with Crippen molar-refractivity contribution in [2.45, 2.75) is 46.5 Å². The third-order valence-electron chi connectivity index (χ3n) is 3.40. The summed E-state index contributed by atoms with van der Waals surface area (Å²) in [6, 6.07) is 10.0. The molecule has 0 aromatic heterocycles. The maximum absolute atomic E-state index is 12.5. The van der Waals surface area contributed by atoms with E-state index >= 15 is 0 Å². The van der Waals surface area contributed by atoms with Crippen LogP contribution in [0, 0.1) is 5.92 Å². The van der Waals surface area contributed by atoms with Crippen LogP contribution in [0.2, 0.25) is 0 Å². The standard InChI is InChI=1S/C16H25NO/c1-4-7-13-17(15-11-9-8-10-12-15)16(18)14(5-2)6-3/h8-12,14H,4-7,13H2,1-3H3. The van der Waals surface area contributed by atoms with E-state index < -0.39 is 0 Å². The van der Waals surface area contributed by atoms with Crippen molar-refractivity contribution in [3.05, 3.63) is 30.3 Å². The van der Waals surface area contributed by atoms with Crippen LogP contribution >= 0.6 is 0 Å². The molecule has 0 saturated heterocycles. The highest BCUT2D eigenvalue weighted by molar-refractivity contribution is 5.94. The Hall–Kier alpha value is -1.31. The summed E-state index contributed by atoms with van der Waals surface area (Å²) in [5, 5.41) is 0. The molecule has 0 spiro atoms. The molecule has 2 heteroatoms. The van der Waals surface area contributed by atoms with E-state index in [4.69, 9.17) is 0 Å². The van der Waals surface area contributed by atoms with Crippen LogP contribution in [0.4, 0.5) is 5.69 Å². The molecule has 1 rings (SSSR count). The highest BCUT2D eigenvalue weighted by Crippen LogP contribution is 2.20. The zero-order valence-corrected chi connectivity index (χ0v) is 11.9. The molecule has 0 unspecified atom stereocenters. The molecule has 0 atom stereocenters. The number of amides is 1. The fourth-order valence-corrected chi connectivity index (χ4v) is 2.15. The first kappa shape index (κ1) is 14.7. The van der Waals surface area contributed by atoms with Crippen molar-refractivity contribution < 1.29 is 4.79 Å². The molecule has 1 aromatic rings. The molecule has 100 valence electrons. The normalized spacial score (nSPS) is 10.7. The van der Waals surface area contributed by atoms with Crippen LogP contribution in [-0.4, -0.2) is 12.5 Å². The van der Waals surface area contributed by atoms with Crippen molar-refractivity contribution in [3.63, 3.8) is 0 Å². The van der Waals surface area contributed by atoms with Crippen molar-refractivity contribution in [2.24, 2.45) is 5.92 Å². The van der Waals surface area contributed by atoms with E-state index in [0.717, 1.165) is 37.9 Å². The lowest BCUT2D eigenvalue weighted by atomic mass is 10.0. The highest BCUT2D eigenvalue weighted by Gasteiger charge is 2.22. The Morgan fingerprint density at radius 2 is 1.72 bits per heavy atom. The molecule has 0 aliphatic rings. The van der Waals surface area contributed by atoms with Crippen LogP contribution in [0.5, 0.6) is 0 Å². The first-order valence-corrected chi connectivity index (χ1v) is 7.10. The lowest BCUT2D eigenvalue weighted by molar-refractivity contribution is -0.122. The summed E-state index contributed by atoms with van der Waals surface area (Å²) in [5.41, 5.74) is 1.03. The van der Waals surface area contributed by atoms with Crippen LogP contribution < -0.4 is 4.90 Å². The monoisotopic (exact) mass is 247 g/mol.